The Hall–Kier alpha value is -3.06. The third-order valence-electron chi connectivity index (χ3n) is 3.99. The SMILES string of the molecule is Clc1ccc2nc(Nc3ccc4c(c3)OCCO4)c3nncn3c2c1. The Bertz CT molecular complexity index is 1110. The van der Waals surface area contributed by atoms with Crippen LogP contribution in [0.5, 0.6) is 11.5 Å². The van der Waals surface area contributed by atoms with Crippen LogP contribution in [0.15, 0.2) is 42.7 Å². The van der Waals surface area contributed by atoms with Crippen molar-refractivity contribution in [2.24, 2.45) is 0 Å². The number of hydrogen-bond donors (Lipinski definition) is 1. The van der Waals surface area contributed by atoms with E-state index in [0.717, 1.165) is 22.5 Å². The molecule has 0 saturated heterocycles. The Morgan fingerprint density at radius 3 is 2.84 bits per heavy atom. The van der Waals surface area contributed by atoms with Crippen molar-refractivity contribution in [2.75, 3.05) is 18.5 Å². The van der Waals surface area contributed by atoms with Crippen LogP contribution in [0, 0.1) is 0 Å². The Balaban J connectivity index is 1.62. The molecule has 1 N–H and O–H groups in total. The van der Waals surface area contributed by atoms with E-state index in [1.807, 2.05) is 34.7 Å². The zero-order chi connectivity index (χ0) is 16.8. The normalized spacial score (nSPS) is 13.3. The molecule has 124 valence electrons. The van der Waals surface area contributed by atoms with E-state index in [2.05, 4.69) is 20.5 Å². The number of hydrogen-bond acceptors (Lipinski definition) is 6. The van der Waals surface area contributed by atoms with Gasteiger partial charge in [0.2, 0.25) is 5.65 Å². The molecule has 25 heavy (non-hydrogen) atoms. The highest BCUT2D eigenvalue weighted by atomic mass is 35.5. The largest absolute Gasteiger partial charge is 0.486 e. The zero-order valence-corrected chi connectivity index (χ0v) is 13.7. The summed E-state index contributed by atoms with van der Waals surface area (Å²) in [5, 5.41) is 12.1. The van der Waals surface area contributed by atoms with E-state index in [9.17, 15) is 0 Å². The van der Waals surface area contributed by atoms with Gasteiger partial charge in [-0.15, -0.1) is 10.2 Å². The lowest BCUT2D eigenvalue weighted by Gasteiger charge is -2.19. The van der Waals surface area contributed by atoms with Gasteiger partial charge in [-0.1, -0.05) is 11.6 Å². The molecule has 0 radical (unpaired) electrons. The molecule has 5 rings (SSSR count). The minimum absolute atomic E-state index is 0.542. The third kappa shape index (κ3) is 2.40. The third-order valence-corrected chi connectivity index (χ3v) is 4.23. The summed E-state index contributed by atoms with van der Waals surface area (Å²) in [5.74, 6) is 2.05. The molecule has 0 spiro atoms. The lowest BCUT2D eigenvalue weighted by Crippen LogP contribution is -2.15. The van der Waals surface area contributed by atoms with Crippen molar-refractivity contribution in [1.29, 1.82) is 0 Å². The molecule has 0 aliphatic carbocycles. The van der Waals surface area contributed by atoms with E-state index in [0.29, 0.717) is 35.5 Å². The Labute approximate surface area is 147 Å². The second kappa shape index (κ2) is 5.49. The fourth-order valence-electron chi connectivity index (χ4n) is 2.87. The standard InChI is InChI=1S/C17H12ClN5O2/c18-10-1-3-12-13(7-10)23-9-19-22-17(23)16(21-12)20-11-2-4-14-15(8-11)25-6-5-24-14/h1-4,7-9H,5-6H2,(H,20,21). The number of ether oxygens (including phenoxy) is 2. The first-order valence-corrected chi connectivity index (χ1v) is 8.11. The van der Waals surface area contributed by atoms with Crippen LogP contribution in [0.1, 0.15) is 0 Å². The Kier molecular flexibility index (Phi) is 3.14. The average Bonchev–Trinajstić information content (AvgIpc) is 3.13. The number of nitrogens with zero attached hydrogens (tertiary/aromatic N) is 4. The highest BCUT2D eigenvalue weighted by Crippen LogP contribution is 2.34. The molecule has 0 saturated carbocycles. The number of rotatable bonds is 2. The van der Waals surface area contributed by atoms with Gasteiger partial charge in [0, 0.05) is 16.8 Å². The van der Waals surface area contributed by atoms with Crippen LogP contribution >= 0.6 is 11.6 Å². The zero-order valence-electron chi connectivity index (χ0n) is 12.9. The van der Waals surface area contributed by atoms with Crippen LogP contribution in [0.25, 0.3) is 16.7 Å². The highest BCUT2D eigenvalue weighted by molar-refractivity contribution is 6.31. The summed E-state index contributed by atoms with van der Waals surface area (Å²) in [4.78, 5) is 4.66. The molecule has 1 aliphatic rings. The van der Waals surface area contributed by atoms with Crippen molar-refractivity contribution in [3.05, 3.63) is 47.7 Å². The van der Waals surface area contributed by atoms with Gasteiger partial charge >= 0.3 is 0 Å². The van der Waals surface area contributed by atoms with E-state index in [-0.39, 0.29) is 0 Å². The molecule has 0 bridgehead atoms. The van der Waals surface area contributed by atoms with Gasteiger partial charge in [0.05, 0.1) is 11.0 Å². The summed E-state index contributed by atoms with van der Waals surface area (Å²) in [6.45, 7) is 1.11. The van der Waals surface area contributed by atoms with Crippen molar-refractivity contribution in [1.82, 2.24) is 19.6 Å². The molecule has 3 heterocycles. The maximum absolute atomic E-state index is 6.10. The predicted octanol–water partition coefficient (Wildman–Crippen LogP) is 3.45. The van der Waals surface area contributed by atoms with Crippen LogP contribution in [0.2, 0.25) is 5.02 Å². The van der Waals surface area contributed by atoms with E-state index in [4.69, 9.17) is 21.1 Å². The van der Waals surface area contributed by atoms with Crippen molar-refractivity contribution in [3.63, 3.8) is 0 Å². The number of aromatic nitrogens is 4. The number of halogens is 1. The molecular weight excluding hydrogens is 342 g/mol. The van der Waals surface area contributed by atoms with Gasteiger partial charge < -0.3 is 14.8 Å². The Morgan fingerprint density at radius 2 is 1.92 bits per heavy atom. The lowest BCUT2D eigenvalue weighted by atomic mass is 10.2. The van der Waals surface area contributed by atoms with Crippen LogP contribution in [0.3, 0.4) is 0 Å². The first kappa shape index (κ1) is 14.3. The second-order valence-corrected chi connectivity index (χ2v) is 6.04. The minimum Gasteiger partial charge on any atom is -0.486 e. The van der Waals surface area contributed by atoms with Crippen molar-refractivity contribution in [3.8, 4) is 11.5 Å². The molecular formula is C17H12ClN5O2. The average molecular weight is 354 g/mol. The summed E-state index contributed by atoms with van der Waals surface area (Å²) in [7, 11) is 0. The first-order chi connectivity index (χ1) is 12.3. The second-order valence-electron chi connectivity index (χ2n) is 5.60. The molecule has 1 aliphatic heterocycles. The maximum atomic E-state index is 6.10. The number of nitrogens with one attached hydrogen (secondary N) is 1. The highest BCUT2D eigenvalue weighted by Gasteiger charge is 2.14. The van der Waals surface area contributed by atoms with Gasteiger partial charge in [-0.3, -0.25) is 4.40 Å². The number of fused-ring (bicyclic) bond motifs is 4. The fraction of sp³-hybridized carbons (Fsp3) is 0.118. The number of anilines is 2. The van der Waals surface area contributed by atoms with Gasteiger partial charge in [0.1, 0.15) is 19.5 Å². The van der Waals surface area contributed by atoms with E-state index in [1.54, 1.807) is 12.4 Å². The predicted molar refractivity (Wildman–Crippen MR) is 94.0 cm³/mol. The summed E-state index contributed by atoms with van der Waals surface area (Å²) < 4.78 is 13.0. The lowest BCUT2D eigenvalue weighted by molar-refractivity contribution is 0.171. The summed E-state index contributed by atoms with van der Waals surface area (Å²) in [6, 6.07) is 11.2. The quantitative estimate of drug-likeness (QED) is 0.595. The van der Waals surface area contributed by atoms with Crippen molar-refractivity contribution < 1.29 is 9.47 Å². The molecule has 2 aromatic heterocycles. The minimum atomic E-state index is 0.542. The van der Waals surface area contributed by atoms with Gasteiger partial charge in [-0.2, -0.15) is 0 Å². The fourth-order valence-corrected chi connectivity index (χ4v) is 3.04. The molecule has 8 heteroatoms. The van der Waals surface area contributed by atoms with Gasteiger partial charge in [-0.25, -0.2) is 4.98 Å². The van der Waals surface area contributed by atoms with E-state index in [1.165, 1.54) is 0 Å². The smallest absolute Gasteiger partial charge is 0.204 e. The maximum Gasteiger partial charge on any atom is 0.204 e. The Morgan fingerprint density at radius 1 is 1.04 bits per heavy atom. The summed E-state index contributed by atoms with van der Waals surface area (Å²) in [6.07, 6.45) is 1.64. The van der Waals surface area contributed by atoms with E-state index >= 15 is 0 Å². The van der Waals surface area contributed by atoms with Crippen molar-refractivity contribution in [2.45, 2.75) is 0 Å². The molecule has 7 nitrogen and oxygen atoms in total. The molecule has 4 aromatic rings. The molecule has 0 amide bonds. The topological polar surface area (TPSA) is 73.6 Å². The van der Waals surface area contributed by atoms with E-state index < -0.39 is 0 Å². The first-order valence-electron chi connectivity index (χ1n) is 7.74. The van der Waals surface area contributed by atoms with Crippen LogP contribution in [0.4, 0.5) is 11.5 Å². The van der Waals surface area contributed by atoms with Gasteiger partial charge in [0.15, 0.2) is 17.3 Å². The van der Waals surface area contributed by atoms with Crippen LogP contribution in [-0.2, 0) is 0 Å². The molecule has 0 atom stereocenters. The van der Waals surface area contributed by atoms with Gasteiger partial charge in [0.25, 0.3) is 0 Å². The summed E-state index contributed by atoms with van der Waals surface area (Å²) in [5.41, 5.74) is 3.08. The van der Waals surface area contributed by atoms with Crippen LogP contribution in [-0.4, -0.2) is 32.8 Å². The summed E-state index contributed by atoms with van der Waals surface area (Å²) >= 11 is 6.10. The molecule has 0 fully saturated rings. The molecule has 2 aromatic carbocycles. The monoisotopic (exact) mass is 353 g/mol. The molecule has 0 unspecified atom stereocenters. The van der Waals surface area contributed by atoms with Gasteiger partial charge in [-0.05, 0) is 30.3 Å². The van der Waals surface area contributed by atoms with Crippen LogP contribution < -0.4 is 14.8 Å². The van der Waals surface area contributed by atoms with Crippen molar-refractivity contribution >= 4 is 39.8 Å². The number of benzene rings is 2.